The summed E-state index contributed by atoms with van der Waals surface area (Å²) in [7, 11) is -2.26. The van der Waals surface area contributed by atoms with E-state index in [1.54, 1.807) is 18.5 Å². The lowest BCUT2D eigenvalue weighted by Crippen LogP contribution is -2.28. The highest BCUT2D eigenvalue weighted by molar-refractivity contribution is 7.89. The Morgan fingerprint density at radius 2 is 2.17 bits per heavy atom. The summed E-state index contributed by atoms with van der Waals surface area (Å²) in [6.45, 7) is 0.130. The quantitative estimate of drug-likeness (QED) is 0.823. The molecule has 0 aliphatic heterocycles. The second-order valence-corrected chi connectivity index (χ2v) is 5.65. The van der Waals surface area contributed by atoms with Gasteiger partial charge in [-0.25, -0.2) is 18.4 Å². The first kappa shape index (κ1) is 12.5. The monoisotopic (exact) mass is 267 g/mol. The van der Waals surface area contributed by atoms with Gasteiger partial charge in [0.25, 0.3) is 10.0 Å². The molecule has 0 atom stereocenters. The van der Waals surface area contributed by atoms with Crippen molar-refractivity contribution in [3.05, 3.63) is 36.5 Å². The molecular weight excluding hydrogens is 254 g/mol. The molecular formula is C10H13N5O2S. The number of sulfonamides is 1. The molecule has 0 aromatic carbocycles. The molecule has 0 unspecified atom stereocenters. The van der Waals surface area contributed by atoms with E-state index in [1.807, 2.05) is 0 Å². The number of nitrogen functional groups attached to an aromatic ring is 1. The molecule has 0 amide bonds. The summed E-state index contributed by atoms with van der Waals surface area (Å²) < 4.78 is 25.6. The number of hydrogen-bond donors (Lipinski definition) is 2. The van der Waals surface area contributed by atoms with E-state index >= 15 is 0 Å². The second kappa shape index (κ2) is 4.75. The van der Waals surface area contributed by atoms with Crippen molar-refractivity contribution in [1.29, 1.82) is 0 Å². The molecule has 0 aliphatic carbocycles. The van der Waals surface area contributed by atoms with Crippen molar-refractivity contribution in [3.8, 4) is 0 Å². The molecule has 0 fully saturated rings. The SMILES string of the molecule is CN(Cc1ncc[nH]1)S(=O)(=O)c1ncccc1N. The fourth-order valence-electron chi connectivity index (χ4n) is 1.45. The Kier molecular flexibility index (Phi) is 3.30. The Morgan fingerprint density at radius 1 is 1.39 bits per heavy atom. The molecule has 0 bridgehead atoms. The van der Waals surface area contributed by atoms with Gasteiger partial charge >= 0.3 is 0 Å². The van der Waals surface area contributed by atoms with Crippen molar-refractivity contribution in [1.82, 2.24) is 19.3 Å². The predicted molar refractivity (Wildman–Crippen MR) is 65.9 cm³/mol. The van der Waals surface area contributed by atoms with Gasteiger partial charge in [0, 0.05) is 25.6 Å². The van der Waals surface area contributed by atoms with Gasteiger partial charge in [-0.15, -0.1) is 0 Å². The average Bonchev–Trinajstić information content (AvgIpc) is 2.82. The number of aromatic amines is 1. The van der Waals surface area contributed by atoms with Crippen LogP contribution in [0, 0.1) is 0 Å². The highest BCUT2D eigenvalue weighted by atomic mass is 32.2. The number of hydrogen-bond acceptors (Lipinski definition) is 5. The first-order valence-electron chi connectivity index (χ1n) is 5.17. The third kappa shape index (κ3) is 2.34. The summed E-state index contributed by atoms with van der Waals surface area (Å²) in [5, 5.41) is -0.140. The lowest BCUT2D eigenvalue weighted by atomic mass is 10.4. The minimum absolute atomic E-state index is 0.129. The van der Waals surface area contributed by atoms with Gasteiger partial charge < -0.3 is 10.7 Å². The van der Waals surface area contributed by atoms with Crippen LogP contribution in [0.15, 0.2) is 35.7 Å². The molecule has 0 spiro atoms. The fourth-order valence-corrected chi connectivity index (χ4v) is 2.59. The summed E-state index contributed by atoms with van der Waals surface area (Å²) in [5.41, 5.74) is 5.75. The maximum atomic E-state index is 12.2. The topological polar surface area (TPSA) is 105 Å². The van der Waals surface area contributed by atoms with Gasteiger partial charge in [-0.1, -0.05) is 0 Å². The average molecular weight is 267 g/mol. The van der Waals surface area contributed by atoms with Crippen LogP contribution in [0.3, 0.4) is 0 Å². The maximum Gasteiger partial charge on any atom is 0.262 e. The number of rotatable bonds is 4. The Hall–Kier alpha value is -1.93. The van der Waals surface area contributed by atoms with Crippen molar-refractivity contribution in [2.75, 3.05) is 12.8 Å². The Balaban J connectivity index is 2.29. The zero-order valence-electron chi connectivity index (χ0n) is 9.74. The van der Waals surface area contributed by atoms with E-state index in [0.717, 1.165) is 4.31 Å². The molecule has 8 heteroatoms. The van der Waals surface area contributed by atoms with Crippen LogP contribution in [-0.2, 0) is 16.6 Å². The molecule has 0 radical (unpaired) electrons. The lowest BCUT2D eigenvalue weighted by molar-refractivity contribution is 0.456. The summed E-state index contributed by atoms with van der Waals surface area (Å²) >= 11 is 0. The van der Waals surface area contributed by atoms with Crippen molar-refractivity contribution in [2.45, 2.75) is 11.6 Å². The molecule has 0 saturated carbocycles. The van der Waals surface area contributed by atoms with Crippen LogP contribution >= 0.6 is 0 Å². The summed E-state index contributed by atoms with van der Waals surface area (Å²) in [6.07, 6.45) is 4.58. The number of anilines is 1. The zero-order chi connectivity index (χ0) is 13.2. The Morgan fingerprint density at radius 3 is 2.78 bits per heavy atom. The summed E-state index contributed by atoms with van der Waals surface area (Å²) in [6, 6.07) is 3.08. The standard InChI is InChI=1S/C10H13N5O2S/c1-15(7-9-12-5-6-13-9)18(16,17)10-8(11)3-2-4-14-10/h2-6H,7,11H2,1H3,(H,12,13). The smallest absolute Gasteiger partial charge is 0.262 e. The second-order valence-electron chi connectivity index (χ2n) is 3.69. The minimum Gasteiger partial charge on any atom is -0.396 e. The minimum atomic E-state index is -3.71. The first-order chi connectivity index (χ1) is 8.51. The predicted octanol–water partition coefficient (Wildman–Crippen LogP) is 0.208. The van der Waals surface area contributed by atoms with Crippen LogP contribution in [0.5, 0.6) is 0 Å². The van der Waals surface area contributed by atoms with Crippen molar-refractivity contribution < 1.29 is 8.42 Å². The Bertz CT molecular complexity index is 623. The van der Waals surface area contributed by atoms with Crippen LogP contribution < -0.4 is 5.73 Å². The van der Waals surface area contributed by atoms with Gasteiger partial charge in [0.15, 0.2) is 5.03 Å². The lowest BCUT2D eigenvalue weighted by Gasteiger charge is -2.16. The normalized spacial score (nSPS) is 11.9. The molecule has 2 rings (SSSR count). The number of pyridine rings is 1. The van der Waals surface area contributed by atoms with Crippen molar-refractivity contribution in [2.24, 2.45) is 0 Å². The van der Waals surface area contributed by atoms with Gasteiger partial charge in [-0.05, 0) is 12.1 Å². The van der Waals surface area contributed by atoms with Crippen molar-refractivity contribution in [3.63, 3.8) is 0 Å². The van der Waals surface area contributed by atoms with Crippen molar-refractivity contribution >= 4 is 15.7 Å². The molecule has 96 valence electrons. The molecule has 3 N–H and O–H groups in total. The van der Waals surface area contributed by atoms with Gasteiger partial charge in [0.2, 0.25) is 0 Å². The molecule has 2 aromatic rings. The van der Waals surface area contributed by atoms with Crippen LogP contribution in [0.25, 0.3) is 0 Å². The number of nitrogens with one attached hydrogen (secondary N) is 1. The van der Waals surface area contributed by atoms with Crippen LogP contribution in [0.1, 0.15) is 5.82 Å². The number of nitrogens with zero attached hydrogens (tertiary/aromatic N) is 3. The van der Waals surface area contributed by atoms with Crippen LogP contribution in [0.4, 0.5) is 5.69 Å². The highest BCUT2D eigenvalue weighted by Crippen LogP contribution is 2.18. The third-order valence-corrected chi connectivity index (χ3v) is 4.16. The number of H-pyrrole nitrogens is 1. The molecule has 2 aromatic heterocycles. The van der Waals surface area contributed by atoms with E-state index in [0.29, 0.717) is 5.82 Å². The first-order valence-corrected chi connectivity index (χ1v) is 6.61. The van der Waals surface area contributed by atoms with E-state index in [9.17, 15) is 8.42 Å². The van der Waals surface area contributed by atoms with E-state index < -0.39 is 10.0 Å². The fraction of sp³-hybridized carbons (Fsp3) is 0.200. The largest absolute Gasteiger partial charge is 0.396 e. The number of nitrogens with two attached hydrogens (primary N) is 1. The van der Waals surface area contributed by atoms with Gasteiger partial charge in [0.1, 0.15) is 5.82 Å². The van der Waals surface area contributed by atoms with Crippen LogP contribution in [-0.4, -0.2) is 34.7 Å². The van der Waals surface area contributed by atoms with E-state index in [4.69, 9.17) is 5.73 Å². The molecule has 2 heterocycles. The van der Waals surface area contributed by atoms with Gasteiger partial charge in [0.05, 0.1) is 12.2 Å². The highest BCUT2D eigenvalue weighted by Gasteiger charge is 2.25. The van der Waals surface area contributed by atoms with Gasteiger partial charge in [-0.3, -0.25) is 0 Å². The molecule has 0 aliphatic rings. The number of imidazole rings is 1. The molecule has 7 nitrogen and oxygen atoms in total. The van der Waals surface area contributed by atoms with E-state index in [-0.39, 0.29) is 17.3 Å². The van der Waals surface area contributed by atoms with Crippen LogP contribution in [0.2, 0.25) is 0 Å². The summed E-state index contributed by atoms with van der Waals surface area (Å²) in [5.74, 6) is 0.551. The zero-order valence-corrected chi connectivity index (χ0v) is 10.6. The van der Waals surface area contributed by atoms with E-state index in [1.165, 1.54) is 19.3 Å². The van der Waals surface area contributed by atoms with Gasteiger partial charge in [-0.2, -0.15) is 4.31 Å². The van der Waals surface area contributed by atoms with E-state index in [2.05, 4.69) is 15.0 Å². The summed E-state index contributed by atoms with van der Waals surface area (Å²) in [4.78, 5) is 10.6. The molecule has 18 heavy (non-hydrogen) atoms. The molecule has 0 saturated heterocycles. The Labute approximate surface area is 105 Å². The maximum absolute atomic E-state index is 12.2. The third-order valence-electron chi connectivity index (χ3n) is 2.38. The number of aromatic nitrogens is 3.